The molecule has 0 fully saturated rings. The zero-order chi connectivity index (χ0) is 11.1. The Morgan fingerprint density at radius 3 is 2.69 bits per heavy atom. The standard InChI is InChI=1S/C13H11ISSe/c1-8-2-4-9(5-3-8)12-11(14)10-6-7-15-13(10)16-12/h2-7,10,13H,1H3. The van der Waals surface area contributed by atoms with Gasteiger partial charge in [0, 0.05) is 0 Å². The van der Waals surface area contributed by atoms with Gasteiger partial charge < -0.3 is 0 Å². The summed E-state index contributed by atoms with van der Waals surface area (Å²) in [6.07, 6.45) is 2.38. The fraction of sp³-hybridized carbons (Fsp3) is 0.231. The first-order chi connectivity index (χ1) is 7.75. The molecule has 2 atom stereocenters. The van der Waals surface area contributed by atoms with Crippen LogP contribution in [0.3, 0.4) is 0 Å². The minimum atomic E-state index is 0.630. The predicted octanol–water partition coefficient (Wildman–Crippen LogP) is 4.02. The van der Waals surface area contributed by atoms with Crippen LogP contribution in [0.1, 0.15) is 11.1 Å². The molecule has 1 aromatic rings. The molecule has 0 spiro atoms. The van der Waals surface area contributed by atoms with Crippen molar-refractivity contribution in [2.24, 2.45) is 5.92 Å². The predicted molar refractivity (Wildman–Crippen MR) is 81.9 cm³/mol. The molecule has 2 aliphatic heterocycles. The Morgan fingerprint density at radius 2 is 2.00 bits per heavy atom. The summed E-state index contributed by atoms with van der Waals surface area (Å²) in [5.41, 5.74) is 2.79. The van der Waals surface area contributed by atoms with Crippen molar-refractivity contribution < 1.29 is 0 Å². The third-order valence-corrected chi connectivity index (χ3v) is 9.56. The molecule has 1 aromatic carbocycles. The van der Waals surface area contributed by atoms with Gasteiger partial charge in [-0.1, -0.05) is 0 Å². The van der Waals surface area contributed by atoms with Crippen molar-refractivity contribution >= 4 is 53.8 Å². The number of aryl methyl sites for hydroxylation is 1. The average Bonchev–Trinajstić information content (AvgIpc) is 2.84. The summed E-state index contributed by atoms with van der Waals surface area (Å²) in [6, 6.07) is 9.00. The van der Waals surface area contributed by atoms with Crippen molar-refractivity contribution in [2.45, 2.75) is 11.1 Å². The van der Waals surface area contributed by atoms with Crippen LogP contribution in [0.2, 0.25) is 0 Å². The molecule has 2 unspecified atom stereocenters. The van der Waals surface area contributed by atoms with Gasteiger partial charge in [-0.3, -0.25) is 0 Å². The zero-order valence-corrected chi connectivity index (χ0v) is 13.5. The van der Waals surface area contributed by atoms with Gasteiger partial charge in [-0.25, -0.2) is 0 Å². The number of hydrogen-bond acceptors (Lipinski definition) is 1. The van der Waals surface area contributed by atoms with Gasteiger partial charge in [0.25, 0.3) is 0 Å². The Labute approximate surface area is 120 Å². The molecule has 0 radical (unpaired) electrons. The van der Waals surface area contributed by atoms with E-state index in [1.165, 1.54) is 11.1 Å². The summed E-state index contributed by atoms with van der Waals surface area (Å²) in [7, 11) is 0. The second-order valence-corrected chi connectivity index (χ2v) is 9.32. The van der Waals surface area contributed by atoms with Crippen LogP contribution >= 0.6 is 34.4 Å². The first kappa shape index (κ1) is 11.4. The van der Waals surface area contributed by atoms with Gasteiger partial charge in [-0.05, 0) is 0 Å². The number of benzene rings is 1. The van der Waals surface area contributed by atoms with Crippen molar-refractivity contribution in [2.75, 3.05) is 0 Å². The molecule has 82 valence electrons. The van der Waals surface area contributed by atoms with E-state index in [1.807, 2.05) is 11.8 Å². The van der Waals surface area contributed by atoms with Gasteiger partial charge in [0.15, 0.2) is 0 Å². The molecule has 0 bridgehead atoms. The van der Waals surface area contributed by atoms with E-state index in [-0.39, 0.29) is 0 Å². The van der Waals surface area contributed by atoms with Crippen molar-refractivity contribution in [1.82, 2.24) is 0 Å². The molecule has 3 rings (SSSR count). The Morgan fingerprint density at radius 1 is 1.25 bits per heavy atom. The van der Waals surface area contributed by atoms with Crippen LogP contribution in [0.25, 0.3) is 4.47 Å². The fourth-order valence-corrected chi connectivity index (χ4v) is 8.74. The van der Waals surface area contributed by atoms with E-state index >= 15 is 0 Å². The summed E-state index contributed by atoms with van der Waals surface area (Å²) in [6.45, 7) is 2.15. The molecule has 0 amide bonds. The van der Waals surface area contributed by atoms with E-state index in [9.17, 15) is 0 Å². The first-order valence-corrected chi connectivity index (χ1v) is 9.08. The summed E-state index contributed by atoms with van der Waals surface area (Å²) in [5, 5.41) is 2.28. The van der Waals surface area contributed by atoms with Gasteiger partial charge in [0.1, 0.15) is 0 Å². The number of hydrogen-bond donors (Lipinski definition) is 0. The Bertz CT molecular complexity index is 475. The van der Waals surface area contributed by atoms with Gasteiger partial charge in [0.05, 0.1) is 0 Å². The van der Waals surface area contributed by atoms with E-state index in [4.69, 9.17) is 0 Å². The summed E-state index contributed by atoms with van der Waals surface area (Å²) < 4.78 is 4.03. The van der Waals surface area contributed by atoms with E-state index in [0.29, 0.717) is 20.9 Å². The van der Waals surface area contributed by atoms with Gasteiger partial charge in [-0.15, -0.1) is 0 Å². The number of rotatable bonds is 1. The average molecular weight is 405 g/mol. The van der Waals surface area contributed by atoms with Crippen LogP contribution in [-0.2, 0) is 0 Å². The molecule has 2 heterocycles. The Balaban J connectivity index is 1.98. The normalized spacial score (nSPS) is 27.6. The number of allylic oxidation sites excluding steroid dienone is 2. The van der Waals surface area contributed by atoms with Crippen LogP contribution in [0, 0.1) is 12.8 Å². The second-order valence-electron chi connectivity index (χ2n) is 4.02. The quantitative estimate of drug-likeness (QED) is 0.503. The maximum absolute atomic E-state index is 2.55. The Kier molecular flexibility index (Phi) is 3.22. The molecule has 3 heteroatoms. The molecular weight excluding hydrogens is 394 g/mol. The SMILES string of the molecule is Cc1ccc(C2=C(I)C3C=CSC3[Se]2)cc1. The van der Waals surface area contributed by atoms with Crippen LogP contribution in [-0.4, -0.2) is 19.1 Å². The molecule has 0 saturated heterocycles. The first-order valence-electron chi connectivity index (χ1n) is 5.21. The van der Waals surface area contributed by atoms with E-state index in [2.05, 4.69) is 65.3 Å². The van der Waals surface area contributed by atoms with Crippen LogP contribution in [0.5, 0.6) is 0 Å². The third kappa shape index (κ3) is 1.92. The van der Waals surface area contributed by atoms with Gasteiger partial charge >= 0.3 is 121 Å². The second kappa shape index (κ2) is 4.52. The molecule has 0 aromatic heterocycles. The molecule has 2 aliphatic rings. The monoisotopic (exact) mass is 406 g/mol. The molecule has 0 aliphatic carbocycles. The number of fused-ring (bicyclic) bond motifs is 1. The molecule has 0 nitrogen and oxygen atoms in total. The van der Waals surface area contributed by atoms with E-state index < -0.39 is 0 Å². The van der Waals surface area contributed by atoms with Crippen LogP contribution in [0.15, 0.2) is 39.3 Å². The van der Waals surface area contributed by atoms with Crippen molar-refractivity contribution in [3.63, 3.8) is 0 Å². The molecule has 0 N–H and O–H groups in total. The van der Waals surface area contributed by atoms with Crippen molar-refractivity contribution in [3.8, 4) is 0 Å². The minimum absolute atomic E-state index is 0.630. The zero-order valence-electron chi connectivity index (χ0n) is 8.81. The van der Waals surface area contributed by atoms with Crippen LogP contribution in [0.4, 0.5) is 0 Å². The van der Waals surface area contributed by atoms with Gasteiger partial charge in [-0.2, -0.15) is 0 Å². The number of halogens is 1. The van der Waals surface area contributed by atoms with E-state index in [0.717, 1.165) is 4.15 Å². The van der Waals surface area contributed by atoms with Gasteiger partial charge in [0.2, 0.25) is 0 Å². The van der Waals surface area contributed by atoms with Crippen molar-refractivity contribution in [1.29, 1.82) is 0 Å². The molecule has 0 saturated carbocycles. The Hall–Kier alpha value is 0.299. The summed E-state index contributed by atoms with van der Waals surface area (Å²) >= 11 is 5.20. The fourth-order valence-electron chi connectivity index (χ4n) is 1.92. The maximum atomic E-state index is 2.55. The van der Waals surface area contributed by atoms with E-state index in [1.54, 1.807) is 8.05 Å². The topological polar surface area (TPSA) is 0 Å². The third-order valence-electron chi connectivity index (χ3n) is 2.85. The number of thioether (sulfide) groups is 1. The van der Waals surface area contributed by atoms with Crippen LogP contribution < -0.4 is 0 Å². The van der Waals surface area contributed by atoms with Crippen molar-refractivity contribution in [3.05, 3.63) is 50.5 Å². The molecule has 16 heavy (non-hydrogen) atoms. The summed E-state index contributed by atoms with van der Waals surface area (Å²) in [5.74, 6) is 0.710. The summed E-state index contributed by atoms with van der Waals surface area (Å²) in [4.78, 5) is 0. The molecular formula is C13H11ISSe.